The van der Waals surface area contributed by atoms with Gasteiger partial charge in [0.25, 0.3) is 0 Å². The van der Waals surface area contributed by atoms with Crippen molar-refractivity contribution in [2.75, 3.05) is 26.2 Å². The van der Waals surface area contributed by atoms with Crippen LogP contribution in [0.1, 0.15) is 53.4 Å². The summed E-state index contributed by atoms with van der Waals surface area (Å²) in [5.41, 5.74) is 0. The minimum atomic E-state index is 0.0266. The maximum Gasteiger partial charge on any atom is 0.241 e. The smallest absolute Gasteiger partial charge is 0.241 e. The van der Waals surface area contributed by atoms with Crippen LogP contribution in [0.2, 0.25) is 0 Å². The van der Waals surface area contributed by atoms with Gasteiger partial charge in [0.15, 0.2) is 0 Å². The molecule has 2 aliphatic rings. The molecule has 0 aliphatic carbocycles. The van der Waals surface area contributed by atoms with Gasteiger partial charge in [0, 0.05) is 13.1 Å². The molecule has 0 aromatic carbocycles. The van der Waals surface area contributed by atoms with Crippen molar-refractivity contribution in [3.05, 3.63) is 0 Å². The molecule has 2 saturated heterocycles. The minimum Gasteiger partial charge on any atom is -0.324 e. The third-order valence-corrected chi connectivity index (χ3v) is 4.73. The average molecular weight is 295 g/mol. The van der Waals surface area contributed by atoms with Crippen LogP contribution >= 0.6 is 0 Å². The molecule has 4 heteroatoms. The first kappa shape index (κ1) is 16.8. The monoisotopic (exact) mass is 295 g/mol. The Bertz CT molecular complexity index is 337. The fourth-order valence-corrected chi connectivity index (χ4v) is 3.58. The maximum absolute atomic E-state index is 12.7. The van der Waals surface area contributed by atoms with Gasteiger partial charge in [0.05, 0.1) is 12.2 Å². The number of rotatable bonds is 6. The zero-order chi connectivity index (χ0) is 15.4. The van der Waals surface area contributed by atoms with E-state index in [1.165, 1.54) is 32.4 Å². The fourth-order valence-electron chi connectivity index (χ4n) is 3.58. The van der Waals surface area contributed by atoms with Crippen molar-refractivity contribution in [2.45, 2.75) is 65.6 Å². The number of likely N-dealkylation sites (tertiary alicyclic amines) is 1. The lowest BCUT2D eigenvalue weighted by Crippen LogP contribution is -2.45. The molecular weight excluding hydrogens is 262 g/mol. The molecule has 0 aromatic rings. The molecule has 2 unspecified atom stereocenters. The number of nitrogens with one attached hydrogen (secondary N) is 1. The zero-order valence-electron chi connectivity index (χ0n) is 14.3. The van der Waals surface area contributed by atoms with Crippen LogP contribution in [0.15, 0.2) is 0 Å². The van der Waals surface area contributed by atoms with Crippen LogP contribution in [-0.4, -0.2) is 54.1 Å². The molecule has 122 valence electrons. The Morgan fingerprint density at radius 3 is 2.33 bits per heavy atom. The van der Waals surface area contributed by atoms with Gasteiger partial charge in [-0.1, -0.05) is 34.1 Å². The highest BCUT2D eigenvalue weighted by Gasteiger charge is 2.39. The second-order valence-electron chi connectivity index (χ2n) is 7.47. The lowest BCUT2D eigenvalue weighted by Gasteiger charge is -2.32. The number of carbonyl (C=O) groups is 1. The summed E-state index contributed by atoms with van der Waals surface area (Å²) in [5.74, 6) is 1.34. The van der Waals surface area contributed by atoms with Gasteiger partial charge in [-0.15, -0.1) is 0 Å². The van der Waals surface area contributed by atoms with Crippen LogP contribution in [0.3, 0.4) is 0 Å². The summed E-state index contributed by atoms with van der Waals surface area (Å²) in [6.45, 7) is 13.1. The molecule has 0 spiro atoms. The van der Waals surface area contributed by atoms with Crippen molar-refractivity contribution in [1.82, 2.24) is 15.1 Å². The van der Waals surface area contributed by atoms with E-state index >= 15 is 0 Å². The van der Waals surface area contributed by atoms with Crippen molar-refractivity contribution in [3.63, 3.8) is 0 Å². The molecule has 2 aliphatic heterocycles. The molecule has 2 atom stereocenters. The van der Waals surface area contributed by atoms with E-state index in [1.54, 1.807) is 0 Å². The predicted molar refractivity (Wildman–Crippen MR) is 87.0 cm³/mol. The second-order valence-corrected chi connectivity index (χ2v) is 7.47. The van der Waals surface area contributed by atoms with Gasteiger partial charge < -0.3 is 9.80 Å². The lowest BCUT2D eigenvalue weighted by atomic mass is 10.0. The second kappa shape index (κ2) is 7.59. The van der Waals surface area contributed by atoms with E-state index in [1.807, 2.05) is 0 Å². The summed E-state index contributed by atoms with van der Waals surface area (Å²) in [6, 6.07) is 0.0266. The van der Waals surface area contributed by atoms with Crippen molar-refractivity contribution < 1.29 is 4.79 Å². The highest BCUT2D eigenvalue weighted by atomic mass is 16.2. The Morgan fingerprint density at radius 1 is 1.10 bits per heavy atom. The zero-order valence-corrected chi connectivity index (χ0v) is 14.3. The van der Waals surface area contributed by atoms with E-state index in [9.17, 15) is 4.79 Å². The third-order valence-electron chi connectivity index (χ3n) is 4.73. The number of hydrogen-bond donors (Lipinski definition) is 1. The largest absolute Gasteiger partial charge is 0.324 e. The van der Waals surface area contributed by atoms with Crippen molar-refractivity contribution >= 4 is 5.91 Å². The van der Waals surface area contributed by atoms with Crippen molar-refractivity contribution in [1.29, 1.82) is 0 Å². The summed E-state index contributed by atoms with van der Waals surface area (Å²) >= 11 is 0. The summed E-state index contributed by atoms with van der Waals surface area (Å²) in [6.07, 6.45) is 5.16. The van der Waals surface area contributed by atoms with E-state index in [4.69, 9.17) is 0 Å². The van der Waals surface area contributed by atoms with Gasteiger partial charge in [-0.3, -0.25) is 10.1 Å². The topological polar surface area (TPSA) is 35.6 Å². The van der Waals surface area contributed by atoms with Gasteiger partial charge in [0.1, 0.15) is 0 Å². The molecule has 0 saturated carbocycles. The molecule has 2 rings (SSSR count). The first-order valence-electron chi connectivity index (χ1n) is 8.78. The Kier molecular flexibility index (Phi) is 6.06. The Balaban J connectivity index is 1.92. The maximum atomic E-state index is 12.7. The van der Waals surface area contributed by atoms with Gasteiger partial charge >= 0.3 is 0 Å². The Labute approximate surface area is 130 Å². The number of carbonyl (C=O) groups excluding carboxylic acids is 1. The quantitative estimate of drug-likeness (QED) is 0.817. The lowest BCUT2D eigenvalue weighted by molar-refractivity contribution is -0.131. The molecular formula is C17H33N3O. The number of amides is 1. The van der Waals surface area contributed by atoms with E-state index in [2.05, 4.69) is 42.8 Å². The molecule has 21 heavy (non-hydrogen) atoms. The van der Waals surface area contributed by atoms with Gasteiger partial charge in [-0.2, -0.15) is 0 Å². The van der Waals surface area contributed by atoms with Gasteiger partial charge in [-0.25, -0.2) is 0 Å². The highest BCUT2D eigenvalue weighted by Crippen LogP contribution is 2.21. The SMILES string of the molecule is CC(C)CC1NC(C(C)C)N(CCN2CCCCC2)C1=O. The van der Waals surface area contributed by atoms with Gasteiger partial charge in [-0.05, 0) is 44.2 Å². The van der Waals surface area contributed by atoms with E-state index < -0.39 is 0 Å². The first-order chi connectivity index (χ1) is 9.99. The fraction of sp³-hybridized carbons (Fsp3) is 0.941. The summed E-state index contributed by atoms with van der Waals surface area (Å²) < 4.78 is 0. The third kappa shape index (κ3) is 4.43. The van der Waals surface area contributed by atoms with Crippen LogP contribution < -0.4 is 5.32 Å². The Morgan fingerprint density at radius 2 is 1.76 bits per heavy atom. The molecule has 0 radical (unpaired) electrons. The molecule has 4 nitrogen and oxygen atoms in total. The van der Waals surface area contributed by atoms with Crippen LogP contribution in [0.25, 0.3) is 0 Å². The molecule has 2 heterocycles. The van der Waals surface area contributed by atoms with Crippen LogP contribution in [0.4, 0.5) is 0 Å². The van der Waals surface area contributed by atoms with E-state index in [0.717, 1.165) is 19.5 Å². The molecule has 2 fully saturated rings. The summed E-state index contributed by atoms with van der Waals surface area (Å²) in [5, 5.41) is 3.57. The van der Waals surface area contributed by atoms with Crippen LogP contribution in [-0.2, 0) is 4.79 Å². The summed E-state index contributed by atoms with van der Waals surface area (Å²) in [7, 11) is 0. The average Bonchev–Trinajstić information content (AvgIpc) is 2.74. The molecule has 0 aromatic heterocycles. The standard InChI is InChI=1S/C17H33N3O/c1-13(2)12-15-17(21)20(16(18-15)14(3)4)11-10-19-8-6-5-7-9-19/h13-16,18H,5-12H2,1-4H3. The van der Waals surface area contributed by atoms with Crippen molar-refractivity contribution in [3.8, 4) is 0 Å². The van der Waals surface area contributed by atoms with Crippen LogP contribution in [0, 0.1) is 11.8 Å². The van der Waals surface area contributed by atoms with E-state index in [-0.39, 0.29) is 12.2 Å². The predicted octanol–water partition coefficient (Wildman–Crippen LogP) is 2.30. The highest BCUT2D eigenvalue weighted by molar-refractivity contribution is 5.84. The van der Waals surface area contributed by atoms with Crippen LogP contribution in [0.5, 0.6) is 0 Å². The Hall–Kier alpha value is -0.610. The number of hydrogen-bond acceptors (Lipinski definition) is 3. The number of piperidine rings is 1. The molecule has 1 amide bonds. The van der Waals surface area contributed by atoms with E-state index in [0.29, 0.717) is 17.7 Å². The number of nitrogens with zero attached hydrogens (tertiary/aromatic N) is 2. The van der Waals surface area contributed by atoms with Gasteiger partial charge in [0.2, 0.25) is 5.91 Å². The normalized spacial score (nSPS) is 28.1. The molecule has 1 N–H and O–H groups in total. The minimum absolute atomic E-state index is 0.0266. The summed E-state index contributed by atoms with van der Waals surface area (Å²) in [4.78, 5) is 17.3. The first-order valence-corrected chi connectivity index (χ1v) is 8.78. The van der Waals surface area contributed by atoms with Crippen molar-refractivity contribution in [2.24, 2.45) is 11.8 Å². The molecule has 0 bridgehead atoms.